The zero-order valence-corrected chi connectivity index (χ0v) is 26.2. The molecule has 3 atom stereocenters. The first-order valence-corrected chi connectivity index (χ1v) is 14.0. The number of nitro groups is 1. The van der Waals surface area contributed by atoms with Gasteiger partial charge in [-0.05, 0) is 63.4 Å². The molecule has 0 radical (unpaired) electrons. The quantitative estimate of drug-likeness (QED) is 0.115. The maximum Gasteiger partial charge on any atom is 0.514 e. The Morgan fingerprint density at radius 3 is 2.00 bits per heavy atom. The number of benzene rings is 2. The summed E-state index contributed by atoms with van der Waals surface area (Å²) >= 11 is 0. The third kappa shape index (κ3) is 12.5. The SMILES string of the molecule is CC(=O)N[C@H](C(=O)N[C@@H](C)C(=O)Nc1ccc([C@@H](CNC(=O)OC(C)(C)C)OC(=O)Oc2ccc([N+](=O)[O-])cc2)cc1)C(C)C. The number of carbonyl (C=O) groups excluding carboxylic acids is 5. The van der Waals surface area contributed by atoms with E-state index < -0.39 is 52.8 Å². The van der Waals surface area contributed by atoms with Gasteiger partial charge in [-0.1, -0.05) is 26.0 Å². The first-order valence-electron chi connectivity index (χ1n) is 14.0. The largest absolute Gasteiger partial charge is 0.514 e. The predicted molar refractivity (Wildman–Crippen MR) is 162 cm³/mol. The van der Waals surface area contributed by atoms with E-state index in [1.807, 2.05) is 0 Å². The highest BCUT2D eigenvalue weighted by Gasteiger charge is 2.27. The number of nitro benzene ring substituents is 1. The second-order valence-electron chi connectivity index (χ2n) is 11.4. The second kappa shape index (κ2) is 16.0. The number of anilines is 1. The molecule has 4 N–H and O–H groups in total. The minimum atomic E-state index is -1.14. The molecule has 0 aliphatic rings. The van der Waals surface area contributed by atoms with Gasteiger partial charge in [-0.2, -0.15) is 0 Å². The van der Waals surface area contributed by atoms with Gasteiger partial charge < -0.3 is 35.5 Å². The van der Waals surface area contributed by atoms with Crippen LogP contribution < -0.4 is 26.0 Å². The highest BCUT2D eigenvalue weighted by Crippen LogP contribution is 2.23. The van der Waals surface area contributed by atoms with Crippen molar-refractivity contribution in [1.82, 2.24) is 16.0 Å². The van der Waals surface area contributed by atoms with Crippen LogP contribution in [0.15, 0.2) is 48.5 Å². The van der Waals surface area contributed by atoms with Crippen LogP contribution in [0.4, 0.5) is 21.0 Å². The van der Waals surface area contributed by atoms with Crippen LogP contribution in [0.3, 0.4) is 0 Å². The summed E-state index contributed by atoms with van der Waals surface area (Å²) in [6.45, 7) is 11.2. The molecule has 2 rings (SSSR count). The number of nitrogens with one attached hydrogen (secondary N) is 4. The molecular formula is C30H39N5O10. The van der Waals surface area contributed by atoms with Crippen molar-refractivity contribution in [2.75, 3.05) is 11.9 Å². The molecule has 244 valence electrons. The lowest BCUT2D eigenvalue weighted by Crippen LogP contribution is -2.53. The first-order chi connectivity index (χ1) is 20.9. The van der Waals surface area contributed by atoms with Gasteiger partial charge in [-0.25, -0.2) is 9.59 Å². The number of non-ortho nitro benzene ring substituents is 1. The number of amides is 4. The van der Waals surface area contributed by atoms with Crippen molar-refractivity contribution >= 4 is 41.3 Å². The van der Waals surface area contributed by atoms with Gasteiger partial charge in [0.05, 0.1) is 11.5 Å². The molecule has 0 aromatic heterocycles. The van der Waals surface area contributed by atoms with E-state index in [0.717, 1.165) is 12.1 Å². The molecule has 0 aliphatic carbocycles. The highest BCUT2D eigenvalue weighted by atomic mass is 16.7. The fourth-order valence-electron chi connectivity index (χ4n) is 3.74. The van der Waals surface area contributed by atoms with Gasteiger partial charge in [-0.3, -0.25) is 24.5 Å². The Labute approximate surface area is 260 Å². The van der Waals surface area contributed by atoms with Crippen LogP contribution in [0.25, 0.3) is 0 Å². The molecule has 15 heteroatoms. The van der Waals surface area contributed by atoms with E-state index >= 15 is 0 Å². The third-order valence-corrected chi connectivity index (χ3v) is 5.93. The van der Waals surface area contributed by atoms with Crippen molar-refractivity contribution in [3.63, 3.8) is 0 Å². The molecule has 4 amide bonds. The summed E-state index contributed by atoms with van der Waals surface area (Å²) in [5.41, 5.74) is -0.185. The van der Waals surface area contributed by atoms with Crippen LogP contribution in [-0.2, 0) is 23.9 Å². The fraction of sp³-hybridized carbons (Fsp3) is 0.433. The summed E-state index contributed by atoms with van der Waals surface area (Å²) < 4.78 is 15.8. The predicted octanol–water partition coefficient (Wildman–Crippen LogP) is 3.98. The monoisotopic (exact) mass is 629 g/mol. The maximum atomic E-state index is 12.8. The van der Waals surface area contributed by atoms with E-state index in [2.05, 4.69) is 21.3 Å². The Morgan fingerprint density at radius 1 is 0.889 bits per heavy atom. The lowest BCUT2D eigenvalue weighted by Gasteiger charge is -2.23. The van der Waals surface area contributed by atoms with E-state index in [1.165, 1.54) is 38.1 Å². The lowest BCUT2D eigenvalue weighted by atomic mass is 10.0. The molecule has 0 heterocycles. The number of hydrogen-bond acceptors (Lipinski definition) is 10. The second-order valence-corrected chi connectivity index (χ2v) is 11.4. The Morgan fingerprint density at radius 2 is 1.49 bits per heavy atom. The third-order valence-electron chi connectivity index (χ3n) is 5.93. The van der Waals surface area contributed by atoms with Crippen molar-refractivity contribution in [1.29, 1.82) is 0 Å². The molecule has 0 bridgehead atoms. The maximum absolute atomic E-state index is 12.8. The Kier molecular flexibility index (Phi) is 12.8. The number of carbonyl (C=O) groups is 5. The summed E-state index contributed by atoms with van der Waals surface area (Å²) in [6, 6.07) is 9.20. The molecule has 45 heavy (non-hydrogen) atoms. The summed E-state index contributed by atoms with van der Waals surface area (Å²) in [4.78, 5) is 71.9. The number of rotatable bonds is 12. The number of alkyl carbamates (subject to hydrolysis) is 1. The van der Waals surface area contributed by atoms with Crippen LogP contribution in [0, 0.1) is 16.0 Å². The van der Waals surface area contributed by atoms with E-state index in [9.17, 15) is 34.1 Å². The molecule has 0 aliphatic heterocycles. The van der Waals surface area contributed by atoms with Gasteiger partial charge in [0.15, 0.2) is 0 Å². The van der Waals surface area contributed by atoms with Crippen molar-refractivity contribution < 1.29 is 43.1 Å². The highest BCUT2D eigenvalue weighted by molar-refractivity contribution is 5.98. The Hall–Kier alpha value is -5.21. The smallest absolute Gasteiger partial charge is 0.444 e. The van der Waals surface area contributed by atoms with Crippen LogP contribution in [-0.4, -0.2) is 59.1 Å². The fourth-order valence-corrected chi connectivity index (χ4v) is 3.74. The zero-order valence-electron chi connectivity index (χ0n) is 26.2. The topological polar surface area (TPSA) is 204 Å². The van der Waals surface area contributed by atoms with Crippen LogP contribution in [0.5, 0.6) is 5.75 Å². The van der Waals surface area contributed by atoms with Gasteiger partial charge in [0.1, 0.15) is 29.5 Å². The molecule has 0 saturated carbocycles. The Bertz CT molecular complexity index is 1370. The standard InChI is InChI=1S/C30H39N5O10/c1-17(2)25(33-19(4)36)27(38)32-18(3)26(37)34-21-10-8-20(9-11-21)24(16-31-28(39)45-30(5,6)7)44-29(40)43-23-14-12-22(13-15-23)35(41)42/h8-15,17-18,24-25H,16H2,1-7H3,(H,31,39)(H,32,38)(H,33,36)(H,34,37)/t18-,24+,25-/m0/s1. The Balaban J connectivity index is 2.12. The summed E-state index contributed by atoms with van der Waals surface area (Å²) in [5, 5.41) is 21.2. The summed E-state index contributed by atoms with van der Waals surface area (Å²) in [7, 11) is 0. The lowest BCUT2D eigenvalue weighted by molar-refractivity contribution is -0.384. The minimum absolute atomic E-state index is 0.000474. The van der Waals surface area contributed by atoms with Gasteiger partial charge in [-0.15, -0.1) is 0 Å². The van der Waals surface area contributed by atoms with Gasteiger partial charge >= 0.3 is 12.2 Å². The average Bonchev–Trinajstić information content (AvgIpc) is 2.93. The van der Waals surface area contributed by atoms with Crippen molar-refractivity contribution in [2.45, 2.75) is 72.3 Å². The van der Waals surface area contributed by atoms with Gasteiger partial charge in [0, 0.05) is 24.7 Å². The molecule has 2 aromatic rings. The molecule has 2 aromatic carbocycles. The molecular weight excluding hydrogens is 590 g/mol. The number of nitrogens with zero attached hydrogens (tertiary/aromatic N) is 1. The van der Waals surface area contributed by atoms with Crippen LogP contribution >= 0.6 is 0 Å². The molecule has 15 nitrogen and oxygen atoms in total. The van der Waals surface area contributed by atoms with Crippen molar-refractivity contribution in [2.24, 2.45) is 5.92 Å². The van der Waals surface area contributed by atoms with Gasteiger partial charge in [0.2, 0.25) is 17.7 Å². The normalized spacial score (nSPS) is 13.0. The molecule has 0 spiro atoms. The van der Waals surface area contributed by atoms with E-state index in [1.54, 1.807) is 46.8 Å². The first kappa shape index (κ1) is 36.0. The van der Waals surface area contributed by atoms with E-state index in [-0.39, 0.29) is 29.8 Å². The zero-order chi connectivity index (χ0) is 33.9. The minimum Gasteiger partial charge on any atom is -0.444 e. The van der Waals surface area contributed by atoms with Gasteiger partial charge in [0.25, 0.3) is 5.69 Å². The van der Waals surface area contributed by atoms with Crippen LogP contribution in [0.2, 0.25) is 0 Å². The van der Waals surface area contributed by atoms with Crippen molar-refractivity contribution in [3.8, 4) is 5.75 Å². The molecule has 0 unspecified atom stereocenters. The summed E-state index contributed by atoms with van der Waals surface area (Å²) in [6.07, 6.45) is -2.95. The number of ether oxygens (including phenoxy) is 3. The van der Waals surface area contributed by atoms with Crippen molar-refractivity contribution in [3.05, 3.63) is 64.2 Å². The summed E-state index contributed by atoms with van der Waals surface area (Å²) in [5.74, 6) is -1.60. The van der Waals surface area contributed by atoms with E-state index in [4.69, 9.17) is 14.2 Å². The van der Waals surface area contributed by atoms with Crippen LogP contribution in [0.1, 0.15) is 60.1 Å². The molecule has 0 fully saturated rings. The van der Waals surface area contributed by atoms with E-state index in [0.29, 0.717) is 11.3 Å². The average molecular weight is 630 g/mol. The number of hydrogen-bond donors (Lipinski definition) is 4. The molecule has 0 saturated heterocycles.